The van der Waals surface area contributed by atoms with Gasteiger partial charge in [-0.15, -0.1) is 0 Å². The first kappa shape index (κ1) is 19.5. The maximum Gasteiger partial charge on any atom is 0.330 e. The van der Waals surface area contributed by atoms with Crippen LogP contribution in [-0.4, -0.2) is 54.5 Å². The van der Waals surface area contributed by atoms with Crippen molar-refractivity contribution in [1.29, 1.82) is 0 Å². The molecule has 0 spiro atoms. The van der Waals surface area contributed by atoms with Crippen LogP contribution in [0, 0.1) is 5.92 Å². The fraction of sp³-hybridized carbons (Fsp3) is 0.765. The van der Waals surface area contributed by atoms with Crippen LogP contribution >= 0.6 is 0 Å². The molecule has 0 radical (unpaired) electrons. The first-order valence-corrected chi connectivity index (χ1v) is 11.8. The lowest BCUT2D eigenvalue weighted by Crippen LogP contribution is -2.58. The molecule has 146 valence electrons. The number of nitrogens with one attached hydrogen (secondary N) is 1. The van der Waals surface area contributed by atoms with E-state index in [1.165, 1.54) is 16.8 Å². The highest BCUT2D eigenvalue weighted by Gasteiger charge is 2.61. The second-order valence-corrected chi connectivity index (χ2v) is 13.5. The van der Waals surface area contributed by atoms with Crippen molar-refractivity contribution in [2.45, 2.75) is 56.8 Å². The minimum absolute atomic E-state index is 0.00823. The van der Waals surface area contributed by atoms with Crippen molar-refractivity contribution in [3.63, 3.8) is 0 Å². The smallest absolute Gasteiger partial charge is 0.330 e. The van der Waals surface area contributed by atoms with Crippen molar-refractivity contribution in [3.8, 4) is 0 Å². The Labute approximate surface area is 153 Å². The summed E-state index contributed by atoms with van der Waals surface area (Å²) in [6.07, 6.45) is 0.371. The molecule has 0 saturated carbocycles. The van der Waals surface area contributed by atoms with Gasteiger partial charge in [0.1, 0.15) is 11.8 Å². The highest BCUT2D eigenvalue weighted by Crippen LogP contribution is 2.49. The van der Waals surface area contributed by atoms with Crippen LogP contribution in [0.1, 0.15) is 27.0 Å². The van der Waals surface area contributed by atoms with E-state index in [0.29, 0.717) is 6.61 Å². The third-order valence-corrected chi connectivity index (χ3v) is 10.4. The molecule has 26 heavy (non-hydrogen) atoms. The molecule has 2 fully saturated rings. The average Bonchev–Trinajstić information content (AvgIpc) is 2.70. The minimum Gasteiger partial charge on any atom is -0.410 e. The fourth-order valence-electron chi connectivity index (χ4n) is 3.34. The number of aromatic amines is 1. The van der Waals surface area contributed by atoms with Gasteiger partial charge in [-0.25, -0.2) is 4.79 Å². The monoisotopic (exact) mass is 384 g/mol. The van der Waals surface area contributed by atoms with Gasteiger partial charge in [-0.1, -0.05) is 20.8 Å². The SMILES string of the molecule is CC(C)(C)[Si](C)(C)OC1C2COC[C@]1(CO)O[C@H]2n1ccc(=O)[nH]c1=O. The van der Waals surface area contributed by atoms with Crippen LogP contribution in [-0.2, 0) is 13.9 Å². The standard InChI is InChI=1S/C17H28N2O6Si/c1-16(2,3)26(4,5)25-13-11-8-23-10-17(13,9-20)24-14(11)19-7-6-12(21)18-15(19)22/h6-7,11,13-14,20H,8-10H2,1-5H3,(H,18,21,22)/t11?,13?,14-,17+/m1/s1. The number of nitrogens with zero attached hydrogens (tertiary/aromatic N) is 1. The Morgan fingerprint density at radius 2 is 2.12 bits per heavy atom. The molecule has 3 rings (SSSR count). The molecule has 1 aromatic rings. The Morgan fingerprint density at radius 3 is 2.69 bits per heavy atom. The first-order chi connectivity index (χ1) is 12.0. The van der Waals surface area contributed by atoms with E-state index >= 15 is 0 Å². The number of hydrogen-bond acceptors (Lipinski definition) is 6. The van der Waals surface area contributed by atoms with Crippen LogP contribution in [0.2, 0.25) is 18.1 Å². The van der Waals surface area contributed by atoms with Crippen LogP contribution in [0.5, 0.6) is 0 Å². The fourth-order valence-corrected chi connectivity index (χ4v) is 4.72. The Morgan fingerprint density at radius 1 is 1.42 bits per heavy atom. The summed E-state index contributed by atoms with van der Waals surface area (Å²) in [5.74, 6) is -0.256. The lowest BCUT2D eigenvalue weighted by atomic mass is 9.89. The zero-order chi connectivity index (χ0) is 19.3. The Bertz CT molecular complexity index is 782. The Hall–Kier alpha value is -1.26. The zero-order valence-corrected chi connectivity index (χ0v) is 16.9. The van der Waals surface area contributed by atoms with Crippen LogP contribution in [0.4, 0.5) is 0 Å². The molecule has 1 aromatic heterocycles. The second-order valence-electron chi connectivity index (χ2n) is 8.73. The van der Waals surface area contributed by atoms with Crippen molar-refractivity contribution in [3.05, 3.63) is 33.1 Å². The van der Waals surface area contributed by atoms with Gasteiger partial charge in [0.2, 0.25) is 0 Å². The summed E-state index contributed by atoms with van der Waals surface area (Å²) in [7, 11) is -2.14. The molecule has 2 aliphatic heterocycles. The highest BCUT2D eigenvalue weighted by atomic mass is 28.4. The molecule has 0 amide bonds. The van der Waals surface area contributed by atoms with Gasteiger partial charge in [0.15, 0.2) is 8.32 Å². The van der Waals surface area contributed by atoms with Crippen LogP contribution in [0.25, 0.3) is 0 Å². The largest absolute Gasteiger partial charge is 0.410 e. The van der Waals surface area contributed by atoms with E-state index in [9.17, 15) is 14.7 Å². The van der Waals surface area contributed by atoms with E-state index in [0.717, 1.165) is 0 Å². The molecule has 2 N–H and O–H groups in total. The topological polar surface area (TPSA) is 103 Å². The normalized spacial score (nSPS) is 32.0. The maximum atomic E-state index is 12.3. The van der Waals surface area contributed by atoms with Crippen molar-refractivity contribution in [2.75, 3.05) is 19.8 Å². The summed E-state index contributed by atoms with van der Waals surface area (Å²) in [6.45, 7) is 11.0. The molecule has 2 saturated heterocycles. The Kier molecular flexibility index (Phi) is 4.81. The van der Waals surface area contributed by atoms with Crippen LogP contribution in [0.3, 0.4) is 0 Å². The molecule has 2 unspecified atom stereocenters. The lowest BCUT2D eigenvalue weighted by Gasteiger charge is -2.45. The number of aliphatic hydroxyl groups excluding tert-OH is 1. The maximum absolute atomic E-state index is 12.3. The summed E-state index contributed by atoms with van der Waals surface area (Å²) in [4.78, 5) is 25.9. The molecule has 2 bridgehead atoms. The summed E-state index contributed by atoms with van der Waals surface area (Å²) in [5, 5.41) is 10.1. The third kappa shape index (κ3) is 3.11. The van der Waals surface area contributed by atoms with E-state index in [-0.39, 0.29) is 30.3 Å². The summed E-state index contributed by atoms with van der Waals surface area (Å²) in [5.41, 5.74) is -2.03. The van der Waals surface area contributed by atoms with Gasteiger partial charge in [0.05, 0.1) is 31.8 Å². The van der Waals surface area contributed by atoms with E-state index in [1.54, 1.807) is 0 Å². The molecule has 8 nitrogen and oxygen atoms in total. The molecule has 2 aliphatic rings. The lowest BCUT2D eigenvalue weighted by molar-refractivity contribution is -0.160. The van der Waals surface area contributed by atoms with Gasteiger partial charge in [-0.2, -0.15) is 0 Å². The van der Waals surface area contributed by atoms with Crippen LogP contribution < -0.4 is 11.2 Å². The predicted octanol–water partition coefficient (Wildman–Crippen LogP) is 0.833. The van der Waals surface area contributed by atoms with Crippen LogP contribution in [0.15, 0.2) is 21.9 Å². The molecule has 9 heteroatoms. The number of ether oxygens (including phenoxy) is 2. The Balaban J connectivity index is 2.00. The van der Waals surface area contributed by atoms with Gasteiger partial charge in [0, 0.05) is 12.3 Å². The van der Waals surface area contributed by atoms with E-state index in [1.807, 2.05) is 0 Å². The van der Waals surface area contributed by atoms with E-state index in [4.69, 9.17) is 13.9 Å². The summed E-state index contributed by atoms with van der Waals surface area (Å²) < 4.78 is 19.8. The minimum atomic E-state index is -2.14. The molecule has 4 atom stereocenters. The molecule has 0 aliphatic carbocycles. The molecule has 3 heterocycles. The highest BCUT2D eigenvalue weighted by molar-refractivity contribution is 6.74. The van der Waals surface area contributed by atoms with E-state index < -0.39 is 31.4 Å². The third-order valence-electron chi connectivity index (χ3n) is 5.91. The van der Waals surface area contributed by atoms with E-state index in [2.05, 4.69) is 38.8 Å². The quantitative estimate of drug-likeness (QED) is 0.746. The van der Waals surface area contributed by atoms with Gasteiger partial charge in [-0.3, -0.25) is 14.3 Å². The average molecular weight is 385 g/mol. The van der Waals surface area contributed by atoms with Crippen molar-refractivity contribution in [1.82, 2.24) is 9.55 Å². The predicted molar refractivity (Wildman–Crippen MR) is 97.6 cm³/mol. The number of fused-ring (bicyclic) bond motifs is 2. The number of H-pyrrole nitrogens is 1. The number of aromatic nitrogens is 2. The molecular weight excluding hydrogens is 356 g/mol. The summed E-state index contributed by atoms with van der Waals surface area (Å²) in [6, 6.07) is 1.28. The summed E-state index contributed by atoms with van der Waals surface area (Å²) >= 11 is 0. The molecular formula is C17H28N2O6Si. The first-order valence-electron chi connectivity index (χ1n) is 8.86. The van der Waals surface area contributed by atoms with Gasteiger partial charge >= 0.3 is 5.69 Å². The van der Waals surface area contributed by atoms with Gasteiger partial charge in [-0.05, 0) is 18.1 Å². The van der Waals surface area contributed by atoms with Gasteiger partial charge in [0.25, 0.3) is 5.56 Å². The van der Waals surface area contributed by atoms with Crippen molar-refractivity contribution < 1.29 is 19.0 Å². The van der Waals surface area contributed by atoms with Gasteiger partial charge < -0.3 is 19.0 Å². The van der Waals surface area contributed by atoms with Crippen molar-refractivity contribution in [2.24, 2.45) is 5.92 Å². The van der Waals surface area contributed by atoms with Crippen molar-refractivity contribution >= 4 is 8.32 Å². The second kappa shape index (κ2) is 6.41. The number of rotatable bonds is 4. The number of aliphatic hydroxyl groups is 1. The molecule has 0 aromatic carbocycles. The zero-order valence-electron chi connectivity index (χ0n) is 15.9. The number of hydrogen-bond donors (Lipinski definition) is 2.